The summed E-state index contributed by atoms with van der Waals surface area (Å²) < 4.78 is 4.23. The maximum Gasteiger partial charge on any atom is 0.0951 e. The Morgan fingerprint density at radius 2 is 2.28 bits per heavy atom. The van der Waals surface area contributed by atoms with Crippen LogP contribution in [-0.2, 0) is 20.0 Å². The molecule has 0 saturated heterocycles. The lowest BCUT2D eigenvalue weighted by Gasteiger charge is -2.08. The van der Waals surface area contributed by atoms with Crippen LogP contribution in [0.15, 0.2) is 24.8 Å². The van der Waals surface area contributed by atoms with Crippen molar-refractivity contribution in [2.45, 2.75) is 31.8 Å². The molecule has 0 aliphatic heterocycles. The second kappa shape index (κ2) is 4.94. The Labute approximate surface area is 107 Å². The number of rotatable bonds is 6. The van der Waals surface area contributed by atoms with E-state index in [9.17, 15) is 0 Å². The topological polar surface area (TPSA) is 47.7 Å². The van der Waals surface area contributed by atoms with E-state index in [1.165, 1.54) is 24.2 Å². The third kappa shape index (κ3) is 2.46. The van der Waals surface area contributed by atoms with Crippen LogP contribution in [-0.4, -0.2) is 25.9 Å². The molecule has 18 heavy (non-hydrogen) atoms. The number of nitrogens with zero attached hydrogens (tertiary/aromatic N) is 4. The van der Waals surface area contributed by atoms with Crippen molar-refractivity contribution in [3.05, 3.63) is 36.2 Å². The molecule has 5 nitrogen and oxygen atoms in total. The van der Waals surface area contributed by atoms with E-state index in [0.29, 0.717) is 6.04 Å². The van der Waals surface area contributed by atoms with Gasteiger partial charge in [-0.3, -0.25) is 4.68 Å². The van der Waals surface area contributed by atoms with Gasteiger partial charge in [0.2, 0.25) is 0 Å². The highest BCUT2D eigenvalue weighted by Crippen LogP contribution is 2.35. The molecular formula is C13H19N5. The molecule has 0 amide bonds. The third-order valence-corrected chi connectivity index (χ3v) is 3.47. The normalized spacial score (nSPS) is 15.2. The molecule has 96 valence electrons. The molecule has 1 aliphatic carbocycles. The van der Waals surface area contributed by atoms with Crippen LogP contribution >= 0.6 is 0 Å². The summed E-state index contributed by atoms with van der Waals surface area (Å²) in [5, 5.41) is 7.64. The van der Waals surface area contributed by atoms with Gasteiger partial charge in [0.1, 0.15) is 0 Å². The molecule has 1 saturated carbocycles. The summed E-state index contributed by atoms with van der Waals surface area (Å²) in [6.07, 6.45) is 9.38. The molecular weight excluding hydrogens is 226 g/mol. The van der Waals surface area contributed by atoms with Crippen LogP contribution in [0.1, 0.15) is 30.3 Å². The van der Waals surface area contributed by atoms with E-state index in [2.05, 4.69) is 26.0 Å². The fraction of sp³-hybridized carbons (Fsp3) is 0.538. The second-order valence-electron chi connectivity index (χ2n) is 4.90. The largest absolute Gasteiger partial charge is 0.330 e. The van der Waals surface area contributed by atoms with E-state index >= 15 is 0 Å². The first-order valence-electron chi connectivity index (χ1n) is 6.53. The maximum atomic E-state index is 4.23. The van der Waals surface area contributed by atoms with Crippen LogP contribution in [0.25, 0.3) is 0 Å². The number of aryl methyl sites for hydroxylation is 1. The van der Waals surface area contributed by atoms with Gasteiger partial charge >= 0.3 is 0 Å². The summed E-state index contributed by atoms with van der Waals surface area (Å²) in [5.41, 5.74) is 2.56. The van der Waals surface area contributed by atoms with Crippen LogP contribution in [0.5, 0.6) is 0 Å². The average molecular weight is 245 g/mol. The molecule has 0 aromatic carbocycles. The highest BCUT2D eigenvalue weighted by molar-refractivity contribution is 5.04. The average Bonchev–Trinajstić information content (AvgIpc) is 2.97. The van der Waals surface area contributed by atoms with Crippen molar-refractivity contribution in [1.29, 1.82) is 0 Å². The zero-order valence-electron chi connectivity index (χ0n) is 10.7. The van der Waals surface area contributed by atoms with Crippen molar-refractivity contribution < 1.29 is 0 Å². The van der Waals surface area contributed by atoms with Gasteiger partial charge < -0.3 is 9.88 Å². The fourth-order valence-electron chi connectivity index (χ4n) is 2.23. The predicted octanol–water partition coefficient (Wildman–Crippen LogP) is 1.28. The van der Waals surface area contributed by atoms with Gasteiger partial charge in [-0.05, 0) is 18.9 Å². The summed E-state index contributed by atoms with van der Waals surface area (Å²) >= 11 is 0. The molecule has 1 fully saturated rings. The number of aromatic nitrogens is 4. The van der Waals surface area contributed by atoms with Gasteiger partial charge in [0.25, 0.3) is 0 Å². The van der Waals surface area contributed by atoms with Gasteiger partial charge in [-0.2, -0.15) is 5.10 Å². The van der Waals surface area contributed by atoms with Crippen molar-refractivity contribution in [3.8, 4) is 0 Å². The van der Waals surface area contributed by atoms with Crippen LogP contribution in [0.2, 0.25) is 0 Å². The van der Waals surface area contributed by atoms with E-state index in [0.717, 1.165) is 19.5 Å². The first-order chi connectivity index (χ1) is 8.84. The lowest BCUT2D eigenvalue weighted by atomic mass is 10.3. The van der Waals surface area contributed by atoms with Crippen LogP contribution in [0.3, 0.4) is 0 Å². The summed E-state index contributed by atoms with van der Waals surface area (Å²) in [4.78, 5) is 4.23. The zero-order chi connectivity index (χ0) is 12.4. The quantitative estimate of drug-likeness (QED) is 0.780. The minimum atomic E-state index is 0.710. The van der Waals surface area contributed by atoms with Gasteiger partial charge in [-0.25, -0.2) is 4.98 Å². The van der Waals surface area contributed by atoms with Gasteiger partial charge in [-0.15, -0.1) is 0 Å². The molecule has 5 heteroatoms. The second-order valence-corrected chi connectivity index (χ2v) is 4.90. The van der Waals surface area contributed by atoms with Crippen molar-refractivity contribution in [1.82, 2.24) is 24.6 Å². The molecule has 0 bridgehead atoms. The van der Waals surface area contributed by atoms with Gasteiger partial charge in [0.05, 0.1) is 12.0 Å². The van der Waals surface area contributed by atoms with Crippen molar-refractivity contribution in [3.63, 3.8) is 0 Å². The highest BCUT2D eigenvalue weighted by Gasteiger charge is 2.24. The Bertz CT molecular complexity index is 509. The van der Waals surface area contributed by atoms with Crippen LogP contribution in [0, 0.1) is 0 Å². The SMILES string of the molecule is Cn1nccc1CCNCc1cncn1C1CC1. The van der Waals surface area contributed by atoms with Gasteiger partial charge in [-0.1, -0.05) is 0 Å². The van der Waals surface area contributed by atoms with E-state index in [1.807, 2.05) is 30.5 Å². The zero-order valence-corrected chi connectivity index (χ0v) is 10.7. The molecule has 2 aromatic heterocycles. The molecule has 3 rings (SSSR count). The number of imidazole rings is 1. The van der Waals surface area contributed by atoms with Crippen molar-refractivity contribution >= 4 is 0 Å². The third-order valence-electron chi connectivity index (χ3n) is 3.47. The fourth-order valence-corrected chi connectivity index (χ4v) is 2.23. The van der Waals surface area contributed by atoms with E-state index < -0.39 is 0 Å². The van der Waals surface area contributed by atoms with Crippen LogP contribution < -0.4 is 5.32 Å². The summed E-state index contributed by atoms with van der Waals surface area (Å²) in [6, 6.07) is 2.78. The minimum absolute atomic E-state index is 0.710. The van der Waals surface area contributed by atoms with Crippen molar-refractivity contribution in [2.24, 2.45) is 7.05 Å². The molecule has 1 aliphatic rings. The van der Waals surface area contributed by atoms with Gasteiger partial charge in [0, 0.05) is 50.7 Å². The minimum Gasteiger partial charge on any atom is -0.330 e. The molecule has 1 N–H and O–H groups in total. The first kappa shape index (κ1) is 11.5. The maximum absolute atomic E-state index is 4.23. The van der Waals surface area contributed by atoms with E-state index in [4.69, 9.17) is 0 Å². The van der Waals surface area contributed by atoms with E-state index in [-0.39, 0.29) is 0 Å². The Hall–Kier alpha value is -1.62. The molecule has 0 unspecified atom stereocenters. The Morgan fingerprint density at radius 3 is 3.00 bits per heavy atom. The van der Waals surface area contributed by atoms with E-state index in [1.54, 1.807) is 0 Å². The first-order valence-corrected chi connectivity index (χ1v) is 6.53. The van der Waals surface area contributed by atoms with Crippen LogP contribution in [0.4, 0.5) is 0 Å². The lowest BCUT2D eigenvalue weighted by molar-refractivity contribution is 0.606. The molecule has 2 heterocycles. The number of hydrogen-bond donors (Lipinski definition) is 1. The molecule has 0 radical (unpaired) electrons. The molecule has 0 spiro atoms. The molecule has 0 atom stereocenters. The predicted molar refractivity (Wildman–Crippen MR) is 69.1 cm³/mol. The Balaban J connectivity index is 1.47. The van der Waals surface area contributed by atoms with Crippen molar-refractivity contribution in [2.75, 3.05) is 6.54 Å². The Morgan fingerprint density at radius 1 is 1.39 bits per heavy atom. The monoisotopic (exact) mass is 245 g/mol. The standard InChI is InChI=1S/C13H19N5/c1-17-11(5-7-16-17)4-6-14-8-13-9-15-10-18(13)12-2-3-12/h5,7,9-10,12,14H,2-4,6,8H2,1H3. The van der Waals surface area contributed by atoms with Gasteiger partial charge in [0.15, 0.2) is 0 Å². The smallest absolute Gasteiger partial charge is 0.0951 e. The highest BCUT2D eigenvalue weighted by atomic mass is 15.3. The summed E-state index contributed by atoms with van der Waals surface area (Å²) in [7, 11) is 1.98. The number of hydrogen-bond acceptors (Lipinski definition) is 3. The lowest BCUT2D eigenvalue weighted by Crippen LogP contribution is -2.19. The summed E-state index contributed by atoms with van der Waals surface area (Å²) in [5.74, 6) is 0. The summed E-state index contributed by atoms with van der Waals surface area (Å²) in [6.45, 7) is 1.86. The molecule has 2 aromatic rings. The Kier molecular flexibility index (Phi) is 3.15. The number of nitrogens with one attached hydrogen (secondary N) is 1.